The highest BCUT2D eigenvalue weighted by Crippen LogP contribution is 2.28. The fraction of sp³-hybridized carbons (Fsp3) is 0. The zero-order chi connectivity index (χ0) is 14.0. The normalized spacial score (nSPS) is 10.4. The van der Waals surface area contributed by atoms with Gasteiger partial charge < -0.3 is 25.1 Å². The second-order valence-electron chi connectivity index (χ2n) is 3.12. The van der Waals surface area contributed by atoms with Crippen LogP contribution in [-0.2, 0) is 0 Å². The van der Waals surface area contributed by atoms with E-state index in [-0.39, 0.29) is 0 Å². The van der Waals surface area contributed by atoms with Crippen molar-refractivity contribution in [2.24, 2.45) is 0 Å². The van der Waals surface area contributed by atoms with Crippen LogP contribution in [0.15, 0.2) is 12.1 Å². The van der Waals surface area contributed by atoms with Gasteiger partial charge in [-0.2, -0.15) is 0 Å². The maximum atomic E-state index is 10.9. The Hall–Kier alpha value is -2.02. The Morgan fingerprint density at radius 3 is 1.44 bits per heavy atom. The molecule has 0 unspecified atom stereocenters. The highest BCUT2D eigenvalue weighted by molar-refractivity contribution is 7.54. The van der Waals surface area contributed by atoms with Crippen molar-refractivity contribution in [3.05, 3.63) is 28.8 Å². The first-order chi connectivity index (χ1) is 8.25. The molecule has 1 aromatic carbocycles. The number of hydrogen-bond acceptors (Lipinski definition) is 5. The molecule has 1 rings (SSSR count). The van der Waals surface area contributed by atoms with Gasteiger partial charge in [0, 0.05) is 0 Å². The molecule has 18 heavy (non-hydrogen) atoms. The van der Waals surface area contributed by atoms with Crippen molar-refractivity contribution in [3.63, 3.8) is 0 Å². The number of carboxylic acid groups (broad SMARTS) is 3. The molecule has 0 aliphatic carbocycles. The summed E-state index contributed by atoms with van der Waals surface area (Å²) in [5.41, 5.74) is -2.09. The quantitative estimate of drug-likeness (QED) is 0.469. The molecule has 1 aromatic rings. The second-order valence-corrected chi connectivity index (χ2v) is 4.15. The lowest BCUT2D eigenvalue weighted by Gasteiger charge is -2.11. The third-order valence-corrected chi connectivity index (χ3v) is 2.90. The molecule has 0 heterocycles. The molecular weight excluding hydrogens is 267 g/mol. The van der Waals surface area contributed by atoms with Crippen LogP contribution in [0.1, 0.15) is 31.1 Å². The van der Waals surface area contributed by atoms with E-state index in [0.29, 0.717) is 12.1 Å². The molecule has 9 heteroatoms. The van der Waals surface area contributed by atoms with E-state index in [2.05, 4.69) is 0 Å². The Balaban J connectivity index is 3.71. The summed E-state index contributed by atoms with van der Waals surface area (Å²) >= 11 is 0. The Labute approximate surface area is 101 Å². The van der Waals surface area contributed by atoms with Gasteiger partial charge in [0.25, 0.3) is 0 Å². The van der Waals surface area contributed by atoms with Crippen LogP contribution in [0.25, 0.3) is 0 Å². The van der Waals surface area contributed by atoms with Crippen LogP contribution < -0.4 is 5.30 Å². The van der Waals surface area contributed by atoms with E-state index >= 15 is 0 Å². The predicted octanol–water partition coefficient (Wildman–Crippen LogP) is -0.297. The fourth-order valence-electron chi connectivity index (χ4n) is 1.30. The molecule has 96 valence electrons. The van der Waals surface area contributed by atoms with Crippen molar-refractivity contribution in [2.75, 3.05) is 0 Å². The average Bonchev–Trinajstić information content (AvgIpc) is 2.26. The average molecular weight is 274 g/mol. The highest BCUT2D eigenvalue weighted by atomic mass is 31.2. The monoisotopic (exact) mass is 274 g/mol. The Bertz CT molecular complexity index is 500. The number of carbonyl (C=O) groups is 3. The minimum Gasteiger partial charge on any atom is -0.478 e. The summed E-state index contributed by atoms with van der Waals surface area (Å²) in [5, 5.41) is 25.7. The predicted molar refractivity (Wildman–Crippen MR) is 58.3 cm³/mol. The summed E-state index contributed by atoms with van der Waals surface area (Å²) in [6.45, 7) is 0. The second kappa shape index (κ2) is 5.09. The summed E-state index contributed by atoms with van der Waals surface area (Å²) in [4.78, 5) is 50.6. The minimum atomic E-state index is -2.99. The molecule has 0 radical (unpaired) electrons. The third-order valence-electron chi connectivity index (χ3n) is 2.02. The molecule has 5 N–H and O–H groups in total. The van der Waals surface area contributed by atoms with E-state index in [1.165, 1.54) is 0 Å². The Morgan fingerprint density at radius 2 is 1.22 bits per heavy atom. The van der Waals surface area contributed by atoms with Gasteiger partial charge >= 0.3 is 17.9 Å². The fourth-order valence-corrected chi connectivity index (χ4v) is 2.05. The van der Waals surface area contributed by atoms with Gasteiger partial charge in [-0.15, -0.1) is 0 Å². The zero-order valence-corrected chi connectivity index (χ0v) is 9.46. The zero-order valence-electron chi connectivity index (χ0n) is 8.56. The van der Waals surface area contributed by atoms with Gasteiger partial charge in [-0.05, 0) is 12.1 Å². The molecule has 0 saturated carbocycles. The minimum absolute atomic E-state index is 0.564. The highest BCUT2D eigenvalue weighted by Gasteiger charge is 2.26. The van der Waals surface area contributed by atoms with Gasteiger partial charge in [0.05, 0.1) is 22.0 Å². The molecule has 0 aliphatic rings. The van der Waals surface area contributed by atoms with E-state index in [0.717, 1.165) is 0 Å². The molecule has 0 bridgehead atoms. The summed E-state index contributed by atoms with van der Waals surface area (Å²) in [6.07, 6.45) is 0. The number of hydrogen-bond donors (Lipinski definition) is 5. The summed E-state index contributed by atoms with van der Waals surface area (Å²) < 4.78 is 0. The van der Waals surface area contributed by atoms with Crippen LogP contribution in [0.2, 0.25) is 0 Å². The lowest BCUT2D eigenvalue weighted by atomic mass is 10.1. The van der Waals surface area contributed by atoms with Crippen molar-refractivity contribution in [1.29, 1.82) is 0 Å². The van der Waals surface area contributed by atoms with Gasteiger partial charge in [0.2, 0.25) is 8.38 Å². The number of benzene rings is 1. The van der Waals surface area contributed by atoms with E-state index in [9.17, 15) is 14.4 Å². The molecule has 0 atom stereocenters. The van der Waals surface area contributed by atoms with E-state index < -0.39 is 48.3 Å². The number of aromatic carboxylic acids is 3. The Morgan fingerprint density at radius 1 is 0.833 bits per heavy atom. The van der Waals surface area contributed by atoms with Crippen LogP contribution in [0, 0.1) is 0 Å². The van der Waals surface area contributed by atoms with Crippen LogP contribution in [0.3, 0.4) is 0 Å². The first-order valence-electron chi connectivity index (χ1n) is 4.31. The standard InChI is InChI=1S/C9H7O8P/c10-7(11)3-1-4(8(12)13)6(18(16)17)5(2-3)9(14)15/h1-2,16-17H,(H,10,11)(H,12,13)(H,14,15). The lowest BCUT2D eigenvalue weighted by Crippen LogP contribution is -2.23. The van der Waals surface area contributed by atoms with Crippen LogP contribution in [-0.4, -0.2) is 43.0 Å². The maximum absolute atomic E-state index is 10.9. The first-order valence-corrected chi connectivity index (χ1v) is 5.56. The van der Waals surface area contributed by atoms with Crippen LogP contribution in [0.4, 0.5) is 0 Å². The van der Waals surface area contributed by atoms with Crippen molar-refractivity contribution >= 4 is 31.6 Å². The van der Waals surface area contributed by atoms with Gasteiger partial charge in [0.1, 0.15) is 0 Å². The van der Waals surface area contributed by atoms with Crippen LogP contribution >= 0.6 is 8.38 Å². The first kappa shape index (κ1) is 14.0. The van der Waals surface area contributed by atoms with Crippen LogP contribution in [0.5, 0.6) is 0 Å². The molecule has 0 fully saturated rings. The van der Waals surface area contributed by atoms with Gasteiger partial charge in [-0.1, -0.05) is 0 Å². The number of rotatable bonds is 4. The van der Waals surface area contributed by atoms with Crippen molar-refractivity contribution < 1.29 is 39.5 Å². The maximum Gasteiger partial charge on any atom is 0.336 e. The lowest BCUT2D eigenvalue weighted by molar-refractivity contribution is 0.0696. The van der Waals surface area contributed by atoms with Crippen molar-refractivity contribution in [3.8, 4) is 0 Å². The molecule has 0 amide bonds. The summed E-state index contributed by atoms with van der Waals surface area (Å²) in [7, 11) is -2.99. The topological polar surface area (TPSA) is 152 Å². The molecule has 0 saturated heterocycles. The van der Waals surface area contributed by atoms with E-state index in [1.807, 2.05) is 0 Å². The molecule has 0 aliphatic heterocycles. The van der Waals surface area contributed by atoms with Gasteiger partial charge in [-0.25, -0.2) is 14.4 Å². The molecular formula is C9H7O8P. The van der Waals surface area contributed by atoms with Crippen molar-refractivity contribution in [1.82, 2.24) is 0 Å². The van der Waals surface area contributed by atoms with Gasteiger partial charge in [0.15, 0.2) is 0 Å². The van der Waals surface area contributed by atoms with Crippen molar-refractivity contribution in [2.45, 2.75) is 0 Å². The molecule has 0 spiro atoms. The Kier molecular flexibility index (Phi) is 3.97. The van der Waals surface area contributed by atoms with Gasteiger partial charge in [-0.3, -0.25) is 0 Å². The molecule has 8 nitrogen and oxygen atoms in total. The summed E-state index contributed by atoms with van der Waals surface area (Å²) in [5.74, 6) is -4.82. The largest absolute Gasteiger partial charge is 0.478 e. The number of carboxylic acids is 3. The SMILES string of the molecule is O=C(O)c1cc(C(=O)O)c(P(O)O)c(C(=O)O)c1. The molecule has 0 aromatic heterocycles. The summed E-state index contributed by atoms with van der Waals surface area (Å²) in [6, 6.07) is 1.35. The third kappa shape index (κ3) is 2.62. The van der Waals surface area contributed by atoms with E-state index in [1.54, 1.807) is 0 Å². The van der Waals surface area contributed by atoms with E-state index in [4.69, 9.17) is 25.1 Å². The smallest absolute Gasteiger partial charge is 0.336 e.